The van der Waals surface area contributed by atoms with Crippen LogP contribution >= 0.6 is 0 Å². The standard InChI is InChI=1S/C18H31N5/c1-5-18(11-8-12-18)14-21-17(19-6-2)20-13-15-9-7-10-16(22-15)23(3)4/h7,9-10H,5-6,8,11-14H2,1-4H3,(H2,19,20,21). The van der Waals surface area contributed by atoms with Gasteiger partial charge in [0.1, 0.15) is 5.82 Å². The first kappa shape index (κ1) is 17.6. The van der Waals surface area contributed by atoms with E-state index in [4.69, 9.17) is 4.99 Å². The molecule has 5 nitrogen and oxygen atoms in total. The molecule has 23 heavy (non-hydrogen) atoms. The van der Waals surface area contributed by atoms with Crippen molar-refractivity contribution in [3.05, 3.63) is 23.9 Å². The Hall–Kier alpha value is -1.78. The summed E-state index contributed by atoms with van der Waals surface area (Å²) in [4.78, 5) is 11.3. The molecule has 0 bridgehead atoms. The van der Waals surface area contributed by atoms with Crippen molar-refractivity contribution in [1.29, 1.82) is 0 Å². The summed E-state index contributed by atoms with van der Waals surface area (Å²) in [5.41, 5.74) is 1.47. The maximum absolute atomic E-state index is 4.69. The summed E-state index contributed by atoms with van der Waals surface area (Å²) in [6.07, 6.45) is 5.28. The van der Waals surface area contributed by atoms with Crippen LogP contribution in [0.1, 0.15) is 45.2 Å². The van der Waals surface area contributed by atoms with Gasteiger partial charge in [0.15, 0.2) is 5.96 Å². The van der Waals surface area contributed by atoms with Crippen molar-refractivity contribution >= 4 is 11.8 Å². The van der Waals surface area contributed by atoms with Gasteiger partial charge in [-0.3, -0.25) is 0 Å². The molecule has 1 aliphatic carbocycles. The summed E-state index contributed by atoms with van der Waals surface area (Å²) in [5.74, 6) is 1.86. The quantitative estimate of drug-likeness (QED) is 0.600. The predicted molar refractivity (Wildman–Crippen MR) is 98.0 cm³/mol. The number of pyridine rings is 1. The molecule has 1 fully saturated rings. The highest BCUT2D eigenvalue weighted by Crippen LogP contribution is 2.42. The Morgan fingerprint density at radius 1 is 1.26 bits per heavy atom. The van der Waals surface area contributed by atoms with Gasteiger partial charge in [0.05, 0.1) is 12.2 Å². The molecule has 0 aliphatic heterocycles. The van der Waals surface area contributed by atoms with Crippen LogP contribution in [0.5, 0.6) is 0 Å². The third-order valence-corrected chi connectivity index (χ3v) is 4.79. The Morgan fingerprint density at radius 3 is 2.61 bits per heavy atom. The lowest BCUT2D eigenvalue weighted by molar-refractivity contribution is 0.131. The largest absolute Gasteiger partial charge is 0.363 e. The molecule has 0 unspecified atom stereocenters. The van der Waals surface area contributed by atoms with Gasteiger partial charge in [0.2, 0.25) is 0 Å². The van der Waals surface area contributed by atoms with E-state index in [2.05, 4.69) is 29.5 Å². The number of guanidine groups is 1. The number of nitrogens with one attached hydrogen (secondary N) is 2. The Morgan fingerprint density at radius 2 is 2.04 bits per heavy atom. The Balaban J connectivity index is 1.96. The predicted octanol–water partition coefficient (Wildman–Crippen LogP) is 2.78. The molecule has 0 aromatic carbocycles. The van der Waals surface area contributed by atoms with E-state index in [1.807, 2.05) is 37.2 Å². The third-order valence-electron chi connectivity index (χ3n) is 4.79. The number of aliphatic imine (C=N–C) groups is 1. The highest BCUT2D eigenvalue weighted by atomic mass is 15.2. The normalized spacial score (nSPS) is 16.6. The molecule has 2 rings (SSSR count). The van der Waals surface area contributed by atoms with Crippen LogP contribution in [0.3, 0.4) is 0 Å². The minimum absolute atomic E-state index is 0.485. The fraction of sp³-hybridized carbons (Fsp3) is 0.667. The smallest absolute Gasteiger partial charge is 0.191 e. The number of hydrogen-bond donors (Lipinski definition) is 2. The molecule has 0 amide bonds. The van der Waals surface area contributed by atoms with Gasteiger partial charge in [0, 0.05) is 27.2 Å². The molecule has 0 spiro atoms. The Bertz CT molecular complexity index is 514. The van der Waals surface area contributed by atoms with E-state index in [-0.39, 0.29) is 0 Å². The lowest BCUT2D eigenvalue weighted by Crippen LogP contribution is -2.46. The zero-order valence-electron chi connectivity index (χ0n) is 15.0. The van der Waals surface area contributed by atoms with Crippen LogP contribution in [-0.2, 0) is 6.54 Å². The lowest BCUT2D eigenvalue weighted by atomic mass is 9.67. The van der Waals surface area contributed by atoms with Crippen molar-refractivity contribution in [3.8, 4) is 0 Å². The van der Waals surface area contributed by atoms with Crippen LogP contribution < -0.4 is 15.5 Å². The molecule has 1 heterocycles. The maximum Gasteiger partial charge on any atom is 0.191 e. The first-order chi connectivity index (χ1) is 11.1. The van der Waals surface area contributed by atoms with Crippen LogP contribution in [0.25, 0.3) is 0 Å². The zero-order valence-corrected chi connectivity index (χ0v) is 15.0. The molecule has 1 saturated carbocycles. The number of rotatable bonds is 7. The first-order valence-electron chi connectivity index (χ1n) is 8.74. The SMILES string of the molecule is CCNC(=NCc1cccc(N(C)C)n1)NCC1(CC)CCC1. The summed E-state index contributed by atoms with van der Waals surface area (Å²) < 4.78 is 0. The van der Waals surface area contributed by atoms with Crippen LogP contribution in [0, 0.1) is 5.41 Å². The highest BCUT2D eigenvalue weighted by molar-refractivity contribution is 5.79. The van der Waals surface area contributed by atoms with Gasteiger partial charge in [-0.2, -0.15) is 0 Å². The second-order valence-corrected chi connectivity index (χ2v) is 6.64. The summed E-state index contributed by atoms with van der Waals surface area (Å²) in [6, 6.07) is 6.08. The van der Waals surface area contributed by atoms with E-state index >= 15 is 0 Å². The summed E-state index contributed by atoms with van der Waals surface area (Å²) in [7, 11) is 4.01. The van der Waals surface area contributed by atoms with Crippen molar-refractivity contribution in [2.45, 2.75) is 46.1 Å². The number of hydrogen-bond acceptors (Lipinski definition) is 3. The zero-order chi connectivity index (χ0) is 16.7. The minimum Gasteiger partial charge on any atom is -0.363 e. The monoisotopic (exact) mass is 317 g/mol. The molecule has 1 aliphatic rings. The molecule has 0 radical (unpaired) electrons. The van der Waals surface area contributed by atoms with Crippen LogP contribution in [0.4, 0.5) is 5.82 Å². The van der Waals surface area contributed by atoms with Gasteiger partial charge in [-0.15, -0.1) is 0 Å². The van der Waals surface area contributed by atoms with Gasteiger partial charge in [-0.25, -0.2) is 9.98 Å². The van der Waals surface area contributed by atoms with Crippen LogP contribution in [0.2, 0.25) is 0 Å². The molecule has 2 N–H and O–H groups in total. The summed E-state index contributed by atoms with van der Waals surface area (Å²) >= 11 is 0. The van der Waals surface area contributed by atoms with E-state index in [9.17, 15) is 0 Å². The van der Waals surface area contributed by atoms with Crippen LogP contribution in [0.15, 0.2) is 23.2 Å². The van der Waals surface area contributed by atoms with Gasteiger partial charge < -0.3 is 15.5 Å². The first-order valence-corrected chi connectivity index (χ1v) is 8.74. The summed E-state index contributed by atoms with van der Waals surface area (Å²) in [5, 5.41) is 6.86. The molecule has 0 atom stereocenters. The van der Waals surface area contributed by atoms with Crippen LogP contribution in [-0.4, -0.2) is 38.1 Å². The molecule has 0 saturated heterocycles. The topological polar surface area (TPSA) is 52.6 Å². The second-order valence-electron chi connectivity index (χ2n) is 6.64. The van der Waals surface area contributed by atoms with Crippen molar-refractivity contribution < 1.29 is 0 Å². The van der Waals surface area contributed by atoms with Crippen molar-refractivity contribution in [2.75, 3.05) is 32.1 Å². The summed E-state index contributed by atoms with van der Waals surface area (Å²) in [6.45, 7) is 6.87. The number of aromatic nitrogens is 1. The minimum atomic E-state index is 0.485. The Kier molecular flexibility index (Phi) is 6.25. The second kappa shape index (κ2) is 8.18. The maximum atomic E-state index is 4.69. The van der Waals surface area contributed by atoms with Gasteiger partial charge >= 0.3 is 0 Å². The third kappa shape index (κ3) is 4.85. The van der Waals surface area contributed by atoms with Crippen molar-refractivity contribution in [2.24, 2.45) is 10.4 Å². The molecule has 1 aromatic heterocycles. The molecular formula is C18H31N5. The van der Waals surface area contributed by atoms with E-state index in [0.29, 0.717) is 12.0 Å². The molecular weight excluding hydrogens is 286 g/mol. The van der Waals surface area contributed by atoms with E-state index in [0.717, 1.165) is 30.6 Å². The molecule has 128 valence electrons. The fourth-order valence-corrected chi connectivity index (χ4v) is 2.91. The van der Waals surface area contributed by atoms with Crippen molar-refractivity contribution in [1.82, 2.24) is 15.6 Å². The highest BCUT2D eigenvalue weighted by Gasteiger charge is 2.34. The molecule has 1 aromatic rings. The number of nitrogens with zero attached hydrogens (tertiary/aromatic N) is 3. The van der Waals surface area contributed by atoms with E-state index in [1.54, 1.807) is 0 Å². The van der Waals surface area contributed by atoms with Gasteiger partial charge in [-0.05, 0) is 43.7 Å². The number of anilines is 1. The van der Waals surface area contributed by atoms with Crippen molar-refractivity contribution in [3.63, 3.8) is 0 Å². The lowest BCUT2D eigenvalue weighted by Gasteiger charge is -2.41. The molecule has 5 heteroatoms. The van der Waals surface area contributed by atoms with Gasteiger partial charge in [0.25, 0.3) is 0 Å². The average Bonchev–Trinajstić information content (AvgIpc) is 2.52. The fourth-order valence-electron chi connectivity index (χ4n) is 2.91. The average molecular weight is 317 g/mol. The van der Waals surface area contributed by atoms with E-state index < -0.39 is 0 Å². The van der Waals surface area contributed by atoms with E-state index in [1.165, 1.54) is 25.7 Å². The Labute approximate surface area is 140 Å². The van der Waals surface area contributed by atoms with Gasteiger partial charge in [-0.1, -0.05) is 19.4 Å².